The Morgan fingerprint density at radius 3 is 2.38 bits per heavy atom. The Kier molecular flexibility index (Phi) is 22.8. The minimum Gasteiger partial charge on any atom is -0.478 e. The van der Waals surface area contributed by atoms with Crippen molar-refractivity contribution in [3.63, 3.8) is 0 Å². The monoisotopic (exact) mass is 1250 g/mol. The quantitative estimate of drug-likeness (QED) is 0.0149. The fraction of sp³-hybridized carbons (Fsp3) is 0.510. The number of aryl methyl sites for hydroxylation is 1. The molecule has 3 heterocycles. The second-order valence-electron chi connectivity index (χ2n) is 19.8. The van der Waals surface area contributed by atoms with Crippen LogP contribution >= 0.6 is 66.6 Å². The molecule has 0 bridgehead atoms. The summed E-state index contributed by atoms with van der Waals surface area (Å²) in [6.07, 6.45) is 0.460. The Morgan fingerprint density at radius 2 is 1.70 bits per heavy atom. The molecule has 8 atom stereocenters. The van der Waals surface area contributed by atoms with Crippen molar-refractivity contribution >= 4 is 95.8 Å². The predicted molar refractivity (Wildman–Crippen MR) is 307 cm³/mol. The van der Waals surface area contributed by atoms with Gasteiger partial charge in [0.2, 0.25) is 6.35 Å². The SMILES string of the molecule is CC/N=C1/C=C2Oc3cc(NCC)c(C)cc3C(c3ccc(C(=O)NCC(C)(C)SSCOCC#CC4=CN([C@H]5C[C@@H](OCSSC(C)(C)C)[C@@H](COP(=O)(O)OP(=O)(O)OP(=O)(O)O)O5)C(O)NC4=O)cc3C(=O)O)C2C=C1C. The smallest absolute Gasteiger partial charge is 0.478 e. The maximum absolute atomic E-state index is 13.7. The Labute approximate surface area is 479 Å². The van der Waals surface area contributed by atoms with Crippen molar-refractivity contribution in [2.45, 2.75) is 109 Å². The van der Waals surface area contributed by atoms with Gasteiger partial charge >= 0.3 is 29.4 Å². The molecule has 24 nitrogen and oxygen atoms in total. The molecule has 0 spiro atoms. The molecule has 2 aromatic carbocycles. The van der Waals surface area contributed by atoms with Crippen molar-refractivity contribution < 1.29 is 90.0 Å². The lowest BCUT2D eigenvalue weighted by molar-refractivity contribution is -0.143. The molecule has 4 aliphatic rings. The third kappa shape index (κ3) is 18.7. The number of anilines is 1. The lowest BCUT2D eigenvalue weighted by Gasteiger charge is -2.37. The average Bonchev–Trinajstić information content (AvgIpc) is 3.86. The molecule has 80 heavy (non-hydrogen) atoms. The van der Waals surface area contributed by atoms with Crippen LogP contribution in [-0.4, -0.2) is 137 Å². The first kappa shape index (κ1) is 65.5. The molecule has 9 N–H and O–H groups in total. The number of allylic oxidation sites excluding steroid dienone is 3. The zero-order valence-electron chi connectivity index (χ0n) is 45.1. The van der Waals surface area contributed by atoms with E-state index in [0.717, 1.165) is 28.1 Å². The molecule has 6 rings (SSSR count). The van der Waals surface area contributed by atoms with E-state index in [1.165, 1.54) is 60.3 Å². The fourth-order valence-electron chi connectivity index (χ4n) is 8.48. The van der Waals surface area contributed by atoms with E-state index in [-0.39, 0.29) is 58.8 Å². The molecule has 5 unspecified atom stereocenters. The number of nitrogens with zero attached hydrogens (tertiary/aromatic N) is 2. The van der Waals surface area contributed by atoms with Crippen LogP contribution in [0.1, 0.15) is 105 Å². The van der Waals surface area contributed by atoms with Gasteiger partial charge in [-0.2, -0.15) is 8.62 Å². The summed E-state index contributed by atoms with van der Waals surface area (Å²) in [7, 11) is -11.3. The van der Waals surface area contributed by atoms with Gasteiger partial charge in [-0.3, -0.25) is 19.1 Å². The number of fused-ring (bicyclic) bond motifs is 2. The first-order valence-electron chi connectivity index (χ1n) is 24.8. The highest BCUT2D eigenvalue weighted by molar-refractivity contribution is 8.77. The lowest BCUT2D eigenvalue weighted by Crippen LogP contribution is -2.53. The van der Waals surface area contributed by atoms with E-state index in [9.17, 15) is 48.1 Å². The zero-order chi connectivity index (χ0) is 59.0. The number of nitrogens with one attached hydrogen (secondary N) is 3. The number of aromatic carboxylic acids is 1. The number of carbonyl (C=O) groups is 3. The van der Waals surface area contributed by atoms with Crippen molar-refractivity contribution in [3.05, 3.63) is 93.4 Å². The average molecular weight is 1250 g/mol. The van der Waals surface area contributed by atoms with E-state index in [1.54, 1.807) is 12.1 Å². The lowest BCUT2D eigenvalue weighted by atomic mass is 9.73. The van der Waals surface area contributed by atoms with Crippen molar-refractivity contribution in [2.24, 2.45) is 10.9 Å². The number of rotatable bonds is 25. The number of aliphatic hydroxyl groups excluding tert-OH is 1. The molecule has 31 heteroatoms. The number of carbonyl (C=O) groups excluding carboxylic acids is 2. The first-order valence-corrected chi connectivity index (χ1v) is 33.9. The highest BCUT2D eigenvalue weighted by Crippen LogP contribution is 2.66. The number of aliphatic hydroxyl groups is 1. The fourth-order valence-corrected chi connectivity index (χ4v) is 15.6. The van der Waals surface area contributed by atoms with Gasteiger partial charge in [-0.05, 0) is 76.4 Å². The van der Waals surface area contributed by atoms with Gasteiger partial charge in [0.25, 0.3) is 11.8 Å². The van der Waals surface area contributed by atoms with Crippen LogP contribution < -0.4 is 20.7 Å². The van der Waals surface area contributed by atoms with Crippen molar-refractivity contribution in [1.82, 2.24) is 15.5 Å². The molecule has 1 saturated heterocycles. The minimum absolute atomic E-state index is 0.00296. The van der Waals surface area contributed by atoms with Gasteiger partial charge in [-0.1, -0.05) is 87.9 Å². The molecule has 1 fully saturated rings. The first-order chi connectivity index (χ1) is 37.4. The molecule has 2 amide bonds. The number of phosphoric ester groups is 1. The van der Waals surface area contributed by atoms with Gasteiger partial charge in [-0.25, -0.2) is 18.5 Å². The number of carboxylic acid groups (broad SMARTS) is 1. The van der Waals surface area contributed by atoms with Crippen LogP contribution in [0.5, 0.6) is 5.75 Å². The predicted octanol–water partition coefficient (Wildman–Crippen LogP) is 8.01. The molecule has 3 aliphatic heterocycles. The van der Waals surface area contributed by atoms with E-state index in [4.69, 9.17) is 33.3 Å². The molecular weight excluding hydrogens is 1180 g/mol. The summed E-state index contributed by atoms with van der Waals surface area (Å²) >= 11 is 0. The third-order valence-corrected chi connectivity index (χ3v) is 21.6. The topological polar surface area (TPSA) is 340 Å². The summed E-state index contributed by atoms with van der Waals surface area (Å²) in [6, 6.07) is 8.75. The molecule has 0 radical (unpaired) electrons. The van der Waals surface area contributed by atoms with E-state index < -0.39 is 83.3 Å². The van der Waals surface area contributed by atoms with Gasteiger partial charge in [0.1, 0.15) is 47.9 Å². The third-order valence-electron chi connectivity index (χ3n) is 11.8. The Morgan fingerprint density at radius 1 is 0.975 bits per heavy atom. The molecular formula is C49H66N5O19P3S4. The summed E-state index contributed by atoms with van der Waals surface area (Å²) < 4.78 is 71.4. The van der Waals surface area contributed by atoms with E-state index in [0.29, 0.717) is 30.2 Å². The standard InChI is InChI=1S/C49H66N5O19P3S4/c1-10-50-36-20-38-34(17-28(36)3)43(35-18-29(4)37(51-11-2)21-39(35)70-38)32-15-14-30(19-33(32)46(57)58)44(55)52-25-49(8,9)80-77-26-67-16-12-13-31-23-54(47(59)53-45(31)56)42-22-40(68-27-78-79-48(5,6)7)41(71-42)24-69-75(63,64)73-76(65,66)72-74(60,61)62/h14-15,17-21,23,34,40-43,47,51,59H,10-11,16,22,24-27H2,1-9H3,(H,52,55)(H,53,56)(H,57,58)(H,63,64)(H,65,66)(H2,60,61,62)/b50-36-/t34?,40-,41-,42-,43?,47?/m1/s1. The second-order valence-corrected chi connectivity index (χ2v) is 30.3. The Balaban J connectivity index is 1.04. The van der Waals surface area contributed by atoms with Gasteiger partial charge in [0, 0.05) is 82.5 Å². The maximum atomic E-state index is 13.7. The number of amides is 2. The van der Waals surface area contributed by atoms with Crippen LogP contribution in [0.15, 0.2) is 70.6 Å². The van der Waals surface area contributed by atoms with Crippen LogP contribution in [0, 0.1) is 24.7 Å². The normalized spacial score (nSPS) is 23.2. The highest BCUT2D eigenvalue weighted by Gasteiger charge is 2.46. The number of phosphoric acid groups is 3. The number of ether oxygens (including phenoxy) is 4. The molecule has 1 aliphatic carbocycles. The summed E-state index contributed by atoms with van der Waals surface area (Å²) in [5, 5.41) is 30.2. The van der Waals surface area contributed by atoms with Gasteiger partial charge in [0.15, 0.2) is 0 Å². The van der Waals surface area contributed by atoms with Gasteiger partial charge < -0.3 is 69.6 Å². The van der Waals surface area contributed by atoms with Gasteiger partial charge in [0.05, 0.1) is 24.0 Å². The molecule has 0 saturated carbocycles. The van der Waals surface area contributed by atoms with E-state index in [2.05, 4.69) is 47.5 Å². The number of hydrogen-bond donors (Lipinski definition) is 9. The summed E-state index contributed by atoms with van der Waals surface area (Å²) in [5.41, 5.74) is 5.10. The number of benzene rings is 2. The minimum atomic E-state index is -5.79. The van der Waals surface area contributed by atoms with Crippen LogP contribution in [0.3, 0.4) is 0 Å². The van der Waals surface area contributed by atoms with Crippen LogP contribution in [-0.2, 0) is 45.8 Å². The number of hydrogen-bond acceptors (Lipinski definition) is 21. The van der Waals surface area contributed by atoms with Crippen LogP contribution in [0.25, 0.3) is 0 Å². The molecule has 2 aromatic rings. The van der Waals surface area contributed by atoms with Crippen LogP contribution in [0.4, 0.5) is 5.69 Å². The highest BCUT2D eigenvalue weighted by atomic mass is 33.1. The van der Waals surface area contributed by atoms with Crippen molar-refractivity contribution in [1.29, 1.82) is 0 Å². The maximum Gasteiger partial charge on any atom is 0.490 e. The van der Waals surface area contributed by atoms with E-state index >= 15 is 0 Å². The summed E-state index contributed by atoms with van der Waals surface area (Å²) in [4.78, 5) is 82.8. The van der Waals surface area contributed by atoms with Crippen LogP contribution in [0.2, 0.25) is 0 Å². The Bertz CT molecular complexity index is 2990. The van der Waals surface area contributed by atoms with Crippen molar-refractivity contribution in [2.75, 3.05) is 50.0 Å². The number of carboxylic acids is 1. The van der Waals surface area contributed by atoms with Gasteiger partial charge in [-0.15, -0.1) is 0 Å². The van der Waals surface area contributed by atoms with E-state index in [1.807, 2.05) is 80.5 Å². The molecule has 0 aromatic heterocycles. The van der Waals surface area contributed by atoms with Crippen molar-refractivity contribution in [3.8, 4) is 17.6 Å². The largest absolute Gasteiger partial charge is 0.490 e. The molecule has 440 valence electrons. The zero-order valence-corrected chi connectivity index (χ0v) is 51.0. The Hall–Kier alpha value is -3.65. The number of aliphatic imine (C=N–C) groups is 1. The summed E-state index contributed by atoms with van der Waals surface area (Å²) in [5.74, 6) is 3.88. The second kappa shape index (κ2) is 27.8. The summed E-state index contributed by atoms with van der Waals surface area (Å²) in [6.45, 7) is 18.3.